The normalized spacial score (nSPS) is 17.8. The molecule has 1 atom stereocenters. The first-order valence-electron chi connectivity index (χ1n) is 9.52. The van der Waals surface area contributed by atoms with Gasteiger partial charge in [-0.2, -0.15) is 0 Å². The first-order valence-corrected chi connectivity index (χ1v) is 9.52. The minimum atomic E-state index is -0.265. The predicted octanol–water partition coefficient (Wildman–Crippen LogP) is 3.15. The van der Waals surface area contributed by atoms with Gasteiger partial charge in [-0.1, -0.05) is 50.2 Å². The van der Waals surface area contributed by atoms with E-state index >= 15 is 0 Å². The van der Waals surface area contributed by atoms with Gasteiger partial charge in [0.15, 0.2) is 0 Å². The molecule has 2 aromatic rings. The van der Waals surface area contributed by atoms with Crippen LogP contribution < -0.4 is 5.32 Å². The highest BCUT2D eigenvalue weighted by Crippen LogP contribution is 2.23. The summed E-state index contributed by atoms with van der Waals surface area (Å²) in [6, 6.07) is 15.6. The number of nitrogens with one attached hydrogen (secondary N) is 1. The van der Waals surface area contributed by atoms with Crippen molar-refractivity contribution in [1.29, 1.82) is 0 Å². The number of amides is 1. The van der Waals surface area contributed by atoms with Gasteiger partial charge in [-0.05, 0) is 29.2 Å². The van der Waals surface area contributed by atoms with Gasteiger partial charge in [-0.3, -0.25) is 9.69 Å². The van der Waals surface area contributed by atoms with Crippen LogP contribution in [0.2, 0.25) is 0 Å². The molecular weight excluding hydrogens is 340 g/mol. The molecule has 1 fully saturated rings. The number of carbonyl (C=O) groups is 1. The van der Waals surface area contributed by atoms with E-state index in [1.807, 2.05) is 24.3 Å². The molecule has 0 aliphatic carbocycles. The van der Waals surface area contributed by atoms with E-state index in [2.05, 4.69) is 36.2 Å². The quantitative estimate of drug-likeness (QED) is 0.822. The van der Waals surface area contributed by atoms with Crippen molar-refractivity contribution in [3.05, 3.63) is 65.2 Å². The molecule has 5 heteroatoms. The highest BCUT2D eigenvalue weighted by molar-refractivity contribution is 5.97. The summed E-state index contributed by atoms with van der Waals surface area (Å²) in [7, 11) is 0. The number of phenols is 1. The monoisotopic (exact) mass is 368 g/mol. The van der Waals surface area contributed by atoms with Crippen molar-refractivity contribution in [2.24, 2.45) is 0 Å². The van der Waals surface area contributed by atoms with Crippen LogP contribution in [0, 0.1) is 0 Å². The van der Waals surface area contributed by atoms with E-state index in [9.17, 15) is 9.90 Å². The van der Waals surface area contributed by atoms with Gasteiger partial charge in [0.1, 0.15) is 5.75 Å². The summed E-state index contributed by atoms with van der Waals surface area (Å²) >= 11 is 0. The van der Waals surface area contributed by atoms with Crippen LogP contribution in [0.5, 0.6) is 5.75 Å². The second-order valence-corrected chi connectivity index (χ2v) is 7.35. The summed E-state index contributed by atoms with van der Waals surface area (Å²) < 4.78 is 5.81. The summed E-state index contributed by atoms with van der Waals surface area (Å²) in [4.78, 5) is 14.9. The number of nitrogens with zero attached hydrogens (tertiary/aromatic N) is 1. The summed E-state index contributed by atoms with van der Waals surface area (Å²) in [5.41, 5.74) is 2.62. The SMILES string of the molecule is CC(C)c1ccc(O)c(C(=O)NCC2CN(Cc3ccccc3)CCO2)c1. The van der Waals surface area contributed by atoms with Crippen molar-refractivity contribution in [2.45, 2.75) is 32.4 Å². The Labute approximate surface area is 161 Å². The first kappa shape index (κ1) is 19.4. The molecule has 1 aliphatic rings. The fourth-order valence-corrected chi connectivity index (χ4v) is 3.29. The maximum absolute atomic E-state index is 12.5. The Bertz CT molecular complexity index is 761. The third-order valence-corrected chi connectivity index (χ3v) is 4.89. The number of morpholine rings is 1. The molecule has 5 nitrogen and oxygen atoms in total. The van der Waals surface area contributed by atoms with Crippen molar-refractivity contribution in [3.63, 3.8) is 0 Å². The molecule has 2 N–H and O–H groups in total. The molecule has 0 saturated carbocycles. The zero-order chi connectivity index (χ0) is 19.2. The highest BCUT2D eigenvalue weighted by Gasteiger charge is 2.22. The zero-order valence-electron chi connectivity index (χ0n) is 16.0. The second-order valence-electron chi connectivity index (χ2n) is 7.35. The van der Waals surface area contributed by atoms with Gasteiger partial charge in [-0.25, -0.2) is 0 Å². The number of aromatic hydroxyl groups is 1. The number of carbonyl (C=O) groups excluding carboxylic acids is 1. The maximum Gasteiger partial charge on any atom is 0.255 e. The molecule has 0 bridgehead atoms. The average molecular weight is 368 g/mol. The Kier molecular flexibility index (Phi) is 6.48. The molecule has 0 aromatic heterocycles. The molecule has 3 rings (SSSR count). The molecule has 1 unspecified atom stereocenters. The molecule has 27 heavy (non-hydrogen) atoms. The zero-order valence-corrected chi connectivity index (χ0v) is 16.0. The van der Waals surface area contributed by atoms with Crippen molar-refractivity contribution in [2.75, 3.05) is 26.2 Å². The van der Waals surface area contributed by atoms with Crippen LogP contribution in [0.15, 0.2) is 48.5 Å². The number of phenolic OH excluding ortho intramolecular Hbond substituents is 1. The van der Waals surface area contributed by atoms with E-state index < -0.39 is 0 Å². The topological polar surface area (TPSA) is 61.8 Å². The molecular formula is C22H28N2O3. The van der Waals surface area contributed by atoms with Gasteiger partial charge >= 0.3 is 0 Å². The first-order chi connectivity index (χ1) is 13.0. The van der Waals surface area contributed by atoms with Crippen LogP contribution in [0.3, 0.4) is 0 Å². The lowest BCUT2D eigenvalue weighted by Gasteiger charge is -2.33. The van der Waals surface area contributed by atoms with E-state index in [1.165, 1.54) is 5.56 Å². The lowest BCUT2D eigenvalue weighted by molar-refractivity contribution is -0.0292. The second kappa shape index (κ2) is 9.02. The van der Waals surface area contributed by atoms with Gasteiger partial charge in [-0.15, -0.1) is 0 Å². The number of benzene rings is 2. The predicted molar refractivity (Wildman–Crippen MR) is 106 cm³/mol. The molecule has 0 radical (unpaired) electrons. The largest absolute Gasteiger partial charge is 0.507 e. The van der Waals surface area contributed by atoms with Gasteiger partial charge in [0, 0.05) is 26.2 Å². The third kappa shape index (κ3) is 5.31. The fraction of sp³-hybridized carbons (Fsp3) is 0.409. The van der Waals surface area contributed by atoms with Gasteiger partial charge < -0.3 is 15.2 Å². The molecule has 1 aliphatic heterocycles. The molecule has 1 heterocycles. The van der Waals surface area contributed by atoms with Crippen LogP contribution in [-0.4, -0.2) is 48.3 Å². The van der Waals surface area contributed by atoms with E-state index in [4.69, 9.17) is 4.74 Å². The minimum Gasteiger partial charge on any atom is -0.507 e. The van der Waals surface area contributed by atoms with Crippen LogP contribution in [0.25, 0.3) is 0 Å². The maximum atomic E-state index is 12.5. The summed E-state index contributed by atoms with van der Waals surface area (Å²) in [5, 5.41) is 12.9. The highest BCUT2D eigenvalue weighted by atomic mass is 16.5. The number of hydrogen-bond donors (Lipinski definition) is 2. The van der Waals surface area contributed by atoms with Crippen LogP contribution in [0.4, 0.5) is 0 Å². The average Bonchev–Trinajstić information content (AvgIpc) is 2.67. The third-order valence-electron chi connectivity index (χ3n) is 4.89. The van der Waals surface area contributed by atoms with Crippen molar-refractivity contribution in [1.82, 2.24) is 10.2 Å². The van der Waals surface area contributed by atoms with Crippen LogP contribution >= 0.6 is 0 Å². The summed E-state index contributed by atoms with van der Waals surface area (Å²) in [6.07, 6.45) is -0.0539. The smallest absolute Gasteiger partial charge is 0.255 e. The molecule has 144 valence electrons. The Morgan fingerprint density at radius 1 is 1.26 bits per heavy atom. The summed E-state index contributed by atoms with van der Waals surface area (Å²) in [6.45, 7) is 7.74. The van der Waals surface area contributed by atoms with Crippen molar-refractivity contribution < 1.29 is 14.6 Å². The Balaban J connectivity index is 1.55. The van der Waals surface area contributed by atoms with Crippen LogP contribution in [-0.2, 0) is 11.3 Å². The van der Waals surface area contributed by atoms with Gasteiger partial charge in [0.2, 0.25) is 0 Å². The Morgan fingerprint density at radius 2 is 2.04 bits per heavy atom. The van der Waals surface area contributed by atoms with E-state index in [1.54, 1.807) is 12.1 Å². The van der Waals surface area contributed by atoms with Crippen molar-refractivity contribution >= 4 is 5.91 Å². The molecule has 1 amide bonds. The van der Waals surface area contributed by atoms with E-state index in [0.717, 1.165) is 25.2 Å². The number of hydrogen-bond acceptors (Lipinski definition) is 4. The molecule has 2 aromatic carbocycles. The van der Waals surface area contributed by atoms with E-state index in [0.29, 0.717) is 24.6 Å². The molecule has 0 spiro atoms. The summed E-state index contributed by atoms with van der Waals surface area (Å²) in [5.74, 6) is 0.0383. The van der Waals surface area contributed by atoms with E-state index in [-0.39, 0.29) is 17.8 Å². The standard InChI is InChI=1S/C22H28N2O3/c1-16(2)18-8-9-21(25)20(12-18)22(26)23-13-19-15-24(10-11-27-19)14-17-6-4-3-5-7-17/h3-9,12,16,19,25H,10-11,13-15H2,1-2H3,(H,23,26). The van der Waals surface area contributed by atoms with Crippen LogP contribution in [0.1, 0.15) is 41.3 Å². The lowest BCUT2D eigenvalue weighted by atomic mass is 10.00. The Morgan fingerprint density at radius 3 is 2.78 bits per heavy atom. The molecule has 1 saturated heterocycles. The van der Waals surface area contributed by atoms with Gasteiger partial charge in [0.25, 0.3) is 5.91 Å². The Hall–Kier alpha value is -2.37. The number of ether oxygens (including phenoxy) is 1. The van der Waals surface area contributed by atoms with Crippen molar-refractivity contribution in [3.8, 4) is 5.75 Å². The number of rotatable bonds is 6. The van der Waals surface area contributed by atoms with Gasteiger partial charge in [0.05, 0.1) is 18.3 Å². The minimum absolute atomic E-state index is 0.00664. The fourth-order valence-electron chi connectivity index (χ4n) is 3.29. The lowest BCUT2D eigenvalue weighted by Crippen LogP contribution is -2.47.